The van der Waals surface area contributed by atoms with E-state index in [4.69, 9.17) is 0 Å². The molecule has 0 aromatic rings. The van der Waals surface area contributed by atoms with Gasteiger partial charge in [-0.3, -0.25) is 0 Å². The predicted octanol–water partition coefficient (Wildman–Crippen LogP) is -0.863. The van der Waals surface area contributed by atoms with Crippen LogP contribution in [0, 0.1) is 0 Å². The molecule has 9 heavy (non-hydrogen) atoms. The monoisotopic (exact) mass is 128 g/mol. The first-order valence-electron chi connectivity index (χ1n) is 3.33. The molecule has 1 heterocycles. The van der Waals surface area contributed by atoms with Crippen molar-refractivity contribution in [3.05, 3.63) is 0 Å². The number of carbonyl (C=O) groups is 1. The minimum Gasteiger partial charge on any atom is -0.315 e. The fraction of sp³-hybridized carbons (Fsp3) is 0.833. The second-order valence-electron chi connectivity index (χ2n) is 2.25. The molecule has 0 aromatic heterocycles. The maximum atomic E-state index is 10.2. The molecule has 0 aromatic carbocycles. The molecular weight excluding hydrogens is 116 g/mol. The van der Waals surface area contributed by atoms with Gasteiger partial charge in [-0.05, 0) is 19.5 Å². The zero-order valence-electron chi connectivity index (χ0n) is 5.39. The first-order chi connectivity index (χ1) is 4.43. The molecule has 3 heteroatoms. The zero-order valence-corrected chi connectivity index (χ0v) is 5.39. The molecule has 0 spiro atoms. The van der Waals surface area contributed by atoms with E-state index in [-0.39, 0.29) is 6.04 Å². The Kier molecular flexibility index (Phi) is 2.67. The van der Waals surface area contributed by atoms with Gasteiger partial charge >= 0.3 is 0 Å². The van der Waals surface area contributed by atoms with Crippen LogP contribution in [0.25, 0.3) is 0 Å². The van der Waals surface area contributed by atoms with Crippen LogP contribution < -0.4 is 10.6 Å². The average Bonchev–Trinajstić information content (AvgIpc) is 2.13. The predicted molar refractivity (Wildman–Crippen MR) is 35.3 cm³/mol. The van der Waals surface area contributed by atoms with Crippen molar-refractivity contribution in [1.29, 1.82) is 0 Å². The third-order valence-corrected chi connectivity index (χ3v) is 1.47. The lowest BCUT2D eigenvalue weighted by atomic mass is 10.3. The Morgan fingerprint density at radius 3 is 3.11 bits per heavy atom. The van der Waals surface area contributed by atoms with Crippen molar-refractivity contribution in [2.45, 2.75) is 12.5 Å². The third kappa shape index (κ3) is 2.11. The van der Waals surface area contributed by atoms with E-state index in [0.29, 0.717) is 0 Å². The summed E-state index contributed by atoms with van der Waals surface area (Å²) in [4.78, 5) is 10.2. The summed E-state index contributed by atoms with van der Waals surface area (Å²) < 4.78 is 0. The maximum Gasteiger partial charge on any atom is 0.138 e. The fourth-order valence-electron chi connectivity index (χ4n) is 0.927. The van der Waals surface area contributed by atoms with Gasteiger partial charge in [0.25, 0.3) is 0 Å². The standard InChI is InChI=1S/C6H12N2O/c9-5-6-4-7-2-1-3-8-6/h5-8H,1-4H2. The number of rotatable bonds is 1. The molecule has 1 aliphatic rings. The number of hydrogen-bond donors (Lipinski definition) is 2. The molecule has 0 bridgehead atoms. The second kappa shape index (κ2) is 3.58. The van der Waals surface area contributed by atoms with E-state index in [0.717, 1.165) is 32.3 Å². The van der Waals surface area contributed by atoms with E-state index in [9.17, 15) is 4.79 Å². The Morgan fingerprint density at radius 1 is 1.44 bits per heavy atom. The topological polar surface area (TPSA) is 41.1 Å². The van der Waals surface area contributed by atoms with Crippen molar-refractivity contribution in [1.82, 2.24) is 10.6 Å². The molecule has 2 N–H and O–H groups in total. The van der Waals surface area contributed by atoms with E-state index in [2.05, 4.69) is 10.6 Å². The van der Waals surface area contributed by atoms with Crippen molar-refractivity contribution < 1.29 is 4.79 Å². The smallest absolute Gasteiger partial charge is 0.138 e. The van der Waals surface area contributed by atoms with Crippen LogP contribution in [-0.4, -0.2) is 32.0 Å². The number of aldehydes is 1. The summed E-state index contributed by atoms with van der Waals surface area (Å²) in [5.74, 6) is 0. The molecule has 0 radical (unpaired) electrons. The van der Waals surface area contributed by atoms with Gasteiger partial charge in [-0.2, -0.15) is 0 Å². The van der Waals surface area contributed by atoms with Gasteiger partial charge in [-0.1, -0.05) is 0 Å². The van der Waals surface area contributed by atoms with Crippen LogP contribution in [-0.2, 0) is 4.79 Å². The molecule has 0 amide bonds. The molecule has 1 fully saturated rings. The Morgan fingerprint density at radius 2 is 2.33 bits per heavy atom. The van der Waals surface area contributed by atoms with Crippen LogP contribution in [0.5, 0.6) is 0 Å². The molecule has 1 atom stereocenters. The fourth-order valence-corrected chi connectivity index (χ4v) is 0.927. The quantitative estimate of drug-likeness (QED) is 0.451. The van der Waals surface area contributed by atoms with Gasteiger partial charge < -0.3 is 15.4 Å². The molecule has 3 nitrogen and oxygen atoms in total. The van der Waals surface area contributed by atoms with Gasteiger partial charge in [-0.15, -0.1) is 0 Å². The molecular formula is C6H12N2O. The molecule has 0 saturated carbocycles. The van der Waals surface area contributed by atoms with Crippen molar-refractivity contribution in [2.24, 2.45) is 0 Å². The van der Waals surface area contributed by atoms with Crippen molar-refractivity contribution >= 4 is 6.29 Å². The Bertz CT molecular complexity index is 87.1. The van der Waals surface area contributed by atoms with E-state index < -0.39 is 0 Å². The molecule has 1 rings (SSSR count). The summed E-state index contributed by atoms with van der Waals surface area (Å²) >= 11 is 0. The SMILES string of the molecule is O=CC1CNCCCN1. The second-order valence-corrected chi connectivity index (χ2v) is 2.25. The van der Waals surface area contributed by atoms with Crippen LogP contribution in [0.15, 0.2) is 0 Å². The first-order valence-corrected chi connectivity index (χ1v) is 3.33. The lowest BCUT2D eigenvalue weighted by molar-refractivity contribution is -0.109. The highest BCUT2D eigenvalue weighted by Crippen LogP contribution is 1.84. The van der Waals surface area contributed by atoms with Crippen LogP contribution >= 0.6 is 0 Å². The van der Waals surface area contributed by atoms with Gasteiger partial charge in [0.05, 0.1) is 6.04 Å². The van der Waals surface area contributed by atoms with E-state index >= 15 is 0 Å². The van der Waals surface area contributed by atoms with Gasteiger partial charge in [0.2, 0.25) is 0 Å². The van der Waals surface area contributed by atoms with E-state index in [1.807, 2.05) is 0 Å². The molecule has 1 aliphatic heterocycles. The van der Waals surface area contributed by atoms with E-state index in [1.165, 1.54) is 0 Å². The van der Waals surface area contributed by atoms with Crippen LogP contribution in [0.3, 0.4) is 0 Å². The Hall–Kier alpha value is -0.410. The van der Waals surface area contributed by atoms with E-state index in [1.54, 1.807) is 0 Å². The van der Waals surface area contributed by atoms with Gasteiger partial charge in [0.1, 0.15) is 6.29 Å². The summed E-state index contributed by atoms with van der Waals surface area (Å²) in [6, 6.07) is 0.0347. The third-order valence-electron chi connectivity index (χ3n) is 1.47. The molecule has 0 aliphatic carbocycles. The lowest BCUT2D eigenvalue weighted by Crippen LogP contribution is -2.36. The Labute approximate surface area is 54.8 Å². The van der Waals surface area contributed by atoms with Crippen molar-refractivity contribution in [2.75, 3.05) is 19.6 Å². The van der Waals surface area contributed by atoms with Gasteiger partial charge in [0.15, 0.2) is 0 Å². The van der Waals surface area contributed by atoms with Crippen molar-refractivity contribution in [3.63, 3.8) is 0 Å². The summed E-state index contributed by atoms with van der Waals surface area (Å²) in [6.07, 6.45) is 2.07. The number of nitrogens with one attached hydrogen (secondary N) is 2. The number of carbonyl (C=O) groups excluding carboxylic acids is 1. The summed E-state index contributed by atoms with van der Waals surface area (Å²) in [6.45, 7) is 2.76. The van der Waals surface area contributed by atoms with Crippen molar-refractivity contribution in [3.8, 4) is 0 Å². The van der Waals surface area contributed by atoms with Crippen LogP contribution in [0.4, 0.5) is 0 Å². The van der Waals surface area contributed by atoms with Gasteiger partial charge in [0, 0.05) is 6.54 Å². The maximum absolute atomic E-state index is 10.2. The summed E-state index contributed by atoms with van der Waals surface area (Å²) in [7, 11) is 0. The van der Waals surface area contributed by atoms with Crippen LogP contribution in [0.1, 0.15) is 6.42 Å². The Balaban J connectivity index is 2.26. The van der Waals surface area contributed by atoms with Crippen LogP contribution in [0.2, 0.25) is 0 Å². The average molecular weight is 128 g/mol. The highest BCUT2D eigenvalue weighted by molar-refractivity contribution is 5.57. The highest BCUT2D eigenvalue weighted by Gasteiger charge is 2.07. The largest absolute Gasteiger partial charge is 0.315 e. The number of hydrogen-bond acceptors (Lipinski definition) is 3. The molecule has 1 saturated heterocycles. The summed E-state index contributed by atoms with van der Waals surface area (Å²) in [5.41, 5.74) is 0. The molecule has 1 unspecified atom stereocenters. The van der Waals surface area contributed by atoms with Gasteiger partial charge in [-0.25, -0.2) is 0 Å². The lowest BCUT2D eigenvalue weighted by Gasteiger charge is -2.05. The first kappa shape index (κ1) is 6.71. The zero-order chi connectivity index (χ0) is 6.53. The minimum atomic E-state index is 0.0347. The molecule has 52 valence electrons. The summed E-state index contributed by atoms with van der Waals surface area (Å²) in [5, 5.41) is 6.26. The highest BCUT2D eigenvalue weighted by atomic mass is 16.1. The normalized spacial score (nSPS) is 29.1. The minimum absolute atomic E-state index is 0.0347.